The zero-order valence-corrected chi connectivity index (χ0v) is 16.6. The number of halogens is 1. The van der Waals surface area contributed by atoms with E-state index >= 15 is 0 Å². The second-order valence-corrected chi connectivity index (χ2v) is 8.59. The average molecular weight is 400 g/mol. The van der Waals surface area contributed by atoms with E-state index in [2.05, 4.69) is 32.7 Å². The number of alkyl halides is 1. The summed E-state index contributed by atoms with van der Waals surface area (Å²) in [5.41, 5.74) is 1.49. The zero-order valence-electron chi connectivity index (χ0n) is 20.6. The highest BCUT2D eigenvalue weighted by Gasteiger charge is 2.44. The van der Waals surface area contributed by atoms with E-state index in [1.165, 1.54) is 5.57 Å². The van der Waals surface area contributed by atoms with Crippen molar-refractivity contribution in [3.8, 4) is 0 Å². The van der Waals surface area contributed by atoms with Crippen molar-refractivity contribution in [1.29, 1.82) is 0 Å². The van der Waals surface area contributed by atoms with Crippen LogP contribution in [0.15, 0.2) is 11.6 Å². The molecule has 2 saturated heterocycles. The van der Waals surface area contributed by atoms with Gasteiger partial charge in [-0.2, -0.15) is 0 Å². The van der Waals surface area contributed by atoms with Gasteiger partial charge in [0, 0.05) is 36.6 Å². The number of hydrogen-bond acceptors (Lipinski definition) is 6. The zero-order chi connectivity index (χ0) is 22.7. The van der Waals surface area contributed by atoms with Crippen LogP contribution < -0.4 is 26.6 Å². The second-order valence-electron chi connectivity index (χ2n) is 8.59. The normalized spacial score (nSPS) is 47.1. The quantitative estimate of drug-likeness (QED) is 0.448. The van der Waals surface area contributed by atoms with Gasteiger partial charge in [0.1, 0.15) is 12.5 Å². The lowest BCUT2D eigenvalue weighted by molar-refractivity contribution is 0.0145. The van der Waals surface area contributed by atoms with Gasteiger partial charge in [0.2, 0.25) is 0 Å². The fourth-order valence-corrected chi connectivity index (χ4v) is 5.39. The molecule has 0 aromatic heterocycles. The molecule has 0 radical (unpaired) electrons. The third-order valence-electron chi connectivity index (χ3n) is 6.74. The van der Waals surface area contributed by atoms with Gasteiger partial charge in [-0.3, -0.25) is 21.3 Å². The molecule has 3 heterocycles. The van der Waals surface area contributed by atoms with Crippen molar-refractivity contribution in [1.82, 2.24) is 26.6 Å². The fraction of sp³-hybridized carbons (Fsp3) is 0.905. The molecular formula is C21H38FN5O. The van der Waals surface area contributed by atoms with Crippen LogP contribution in [-0.2, 0) is 4.74 Å². The van der Waals surface area contributed by atoms with Gasteiger partial charge in [-0.25, -0.2) is 4.39 Å². The van der Waals surface area contributed by atoms with Gasteiger partial charge in [0.25, 0.3) is 0 Å². The van der Waals surface area contributed by atoms with E-state index < -0.39 is 25.2 Å². The Kier molecular flexibility index (Phi) is 5.48. The lowest BCUT2D eigenvalue weighted by Crippen LogP contribution is -2.72. The van der Waals surface area contributed by atoms with Crippen molar-refractivity contribution in [3.63, 3.8) is 0 Å². The van der Waals surface area contributed by atoms with Crippen LogP contribution >= 0.6 is 0 Å². The molecular weight excluding hydrogens is 357 g/mol. The lowest BCUT2D eigenvalue weighted by Gasteiger charge is -2.44. The highest BCUT2D eigenvalue weighted by Crippen LogP contribution is 2.42. The predicted octanol–water partition coefficient (Wildman–Crippen LogP) is 1.21. The number of nitrogens with one attached hydrogen (secondary N) is 5. The predicted molar refractivity (Wildman–Crippen MR) is 110 cm³/mol. The minimum absolute atomic E-state index is 0.112. The van der Waals surface area contributed by atoms with Crippen LogP contribution in [0.4, 0.5) is 4.39 Å². The lowest BCUT2D eigenvalue weighted by atomic mass is 9.72. The molecule has 0 aromatic carbocycles. The van der Waals surface area contributed by atoms with Crippen molar-refractivity contribution >= 4 is 0 Å². The highest BCUT2D eigenvalue weighted by atomic mass is 19.1. The van der Waals surface area contributed by atoms with Crippen molar-refractivity contribution in [3.05, 3.63) is 11.6 Å². The van der Waals surface area contributed by atoms with Crippen molar-refractivity contribution in [2.24, 2.45) is 11.8 Å². The van der Waals surface area contributed by atoms with E-state index in [-0.39, 0.29) is 31.9 Å². The molecule has 5 N–H and O–H groups in total. The molecule has 160 valence electrons. The number of ether oxygens (including phenoxy) is 1. The van der Waals surface area contributed by atoms with Gasteiger partial charge in [-0.05, 0) is 58.0 Å². The molecule has 28 heavy (non-hydrogen) atoms. The summed E-state index contributed by atoms with van der Waals surface area (Å²) in [6.07, 6.45) is 5.32. The molecule has 6 nitrogen and oxygen atoms in total. The highest BCUT2D eigenvalue weighted by molar-refractivity contribution is 5.15. The van der Waals surface area contributed by atoms with Crippen LogP contribution in [-0.4, -0.2) is 63.1 Å². The molecule has 1 saturated carbocycles. The molecule has 8 unspecified atom stereocenters. The Hall–Kier alpha value is -0.570. The van der Waals surface area contributed by atoms with Gasteiger partial charge < -0.3 is 10.1 Å². The van der Waals surface area contributed by atoms with Gasteiger partial charge in [-0.1, -0.05) is 18.5 Å². The van der Waals surface area contributed by atoms with E-state index in [0.717, 1.165) is 51.8 Å². The maximum absolute atomic E-state index is 14.8. The summed E-state index contributed by atoms with van der Waals surface area (Å²) in [5, 5.41) is 16.2. The Morgan fingerprint density at radius 2 is 2.32 bits per heavy atom. The van der Waals surface area contributed by atoms with Crippen molar-refractivity contribution < 1.29 is 14.6 Å². The third-order valence-corrected chi connectivity index (χ3v) is 6.74. The molecule has 7 heteroatoms. The van der Waals surface area contributed by atoms with E-state index in [9.17, 15) is 4.39 Å². The number of hydrogen-bond donors (Lipinski definition) is 5. The summed E-state index contributed by atoms with van der Waals surface area (Å²) in [4.78, 5) is 0. The molecule has 4 rings (SSSR count). The fourth-order valence-electron chi connectivity index (χ4n) is 5.39. The third kappa shape index (κ3) is 4.60. The van der Waals surface area contributed by atoms with Gasteiger partial charge >= 0.3 is 0 Å². The Morgan fingerprint density at radius 3 is 3.21 bits per heavy atom. The van der Waals surface area contributed by atoms with E-state index in [4.69, 9.17) is 10.2 Å². The van der Waals surface area contributed by atoms with E-state index in [1.54, 1.807) is 0 Å². The standard InChI is InChI=1S/C21H38FN5O/c1-3-24-20-18(22)13(2)25-21(27-20)26-16-11-15-7-10-28-19(15)17(12-16)14-5-4-8-23-9-6-14/h6,13,15-21,23-27H,3-5,7-12H2,1-2H3/i1D3,2D. The topological polar surface area (TPSA) is 69.4 Å². The smallest absolute Gasteiger partial charge is 0.143 e. The molecule has 3 aliphatic heterocycles. The number of rotatable bonds is 5. The molecule has 0 amide bonds. The van der Waals surface area contributed by atoms with Crippen LogP contribution in [0, 0.1) is 11.8 Å². The largest absolute Gasteiger partial charge is 0.377 e. The first kappa shape index (κ1) is 16.2. The summed E-state index contributed by atoms with van der Waals surface area (Å²) in [6, 6.07) is -0.434. The molecule has 1 aliphatic carbocycles. The summed E-state index contributed by atoms with van der Waals surface area (Å²) in [5.74, 6) is 0.903. The monoisotopic (exact) mass is 399 g/mol. The van der Waals surface area contributed by atoms with Crippen LogP contribution in [0.1, 0.15) is 51.3 Å². The average Bonchev–Trinajstić information content (AvgIpc) is 3.05. The maximum Gasteiger partial charge on any atom is 0.143 e. The number of fused-ring (bicyclic) bond motifs is 1. The summed E-state index contributed by atoms with van der Waals surface area (Å²) < 4.78 is 50.9. The molecule has 3 fully saturated rings. The first-order valence-electron chi connectivity index (χ1n) is 13.0. The Bertz CT molecular complexity index is 654. The second kappa shape index (κ2) is 9.49. The van der Waals surface area contributed by atoms with Gasteiger partial charge in [-0.15, -0.1) is 0 Å². The molecule has 4 aliphatic rings. The van der Waals surface area contributed by atoms with Crippen LogP contribution in [0.3, 0.4) is 0 Å². The Balaban J connectivity index is 1.41. The maximum atomic E-state index is 14.8. The van der Waals surface area contributed by atoms with Crippen LogP contribution in [0.2, 0.25) is 0 Å². The van der Waals surface area contributed by atoms with Crippen LogP contribution in [0.25, 0.3) is 0 Å². The first-order valence-corrected chi connectivity index (χ1v) is 10.8. The summed E-state index contributed by atoms with van der Waals surface area (Å²) >= 11 is 0. The van der Waals surface area contributed by atoms with E-state index in [1.807, 2.05) is 0 Å². The van der Waals surface area contributed by atoms with Gasteiger partial charge in [0.15, 0.2) is 0 Å². The Labute approximate surface area is 174 Å². The molecule has 0 spiro atoms. The first-order chi connectivity index (χ1) is 15.3. The van der Waals surface area contributed by atoms with E-state index in [0.29, 0.717) is 11.8 Å². The minimum atomic E-state index is -2.18. The van der Waals surface area contributed by atoms with Crippen molar-refractivity contribution in [2.45, 2.75) is 82.7 Å². The molecule has 8 atom stereocenters. The SMILES string of the molecule is [2H]CC1NC(NC2CC3CCOC3C(C3=CCNCCC3)C2)NC(NCC([2H])([2H])[2H])C1F. The van der Waals surface area contributed by atoms with Crippen LogP contribution in [0.5, 0.6) is 0 Å². The Morgan fingerprint density at radius 1 is 1.36 bits per heavy atom. The van der Waals surface area contributed by atoms with Gasteiger partial charge in [0.05, 0.1) is 12.3 Å². The molecule has 0 bridgehead atoms. The summed E-state index contributed by atoms with van der Waals surface area (Å²) in [7, 11) is 0. The molecule has 0 aromatic rings. The van der Waals surface area contributed by atoms with Crippen molar-refractivity contribution in [2.75, 3.05) is 26.2 Å². The summed E-state index contributed by atoms with van der Waals surface area (Å²) in [6.45, 7) is 0.197. The minimum Gasteiger partial charge on any atom is -0.377 e.